The van der Waals surface area contributed by atoms with Crippen molar-refractivity contribution in [2.45, 2.75) is 23.9 Å². The third kappa shape index (κ3) is 3.39. The van der Waals surface area contributed by atoms with Crippen LogP contribution in [0.3, 0.4) is 0 Å². The number of para-hydroxylation sites is 1. The van der Waals surface area contributed by atoms with E-state index in [1.54, 1.807) is 35.0 Å². The van der Waals surface area contributed by atoms with Crippen LogP contribution in [-0.2, 0) is 23.0 Å². The van der Waals surface area contributed by atoms with Crippen LogP contribution in [0.25, 0.3) is 16.7 Å². The summed E-state index contributed by atoms with van der Waals surface area (Å²) in [7, 11) is -3.95. The normalized spacial score (nSPS) is 16.1. The molecule has 8 heteroatoms. The highest BCUT2D eigenvalue weighted by molar-refractivity contribution is 7.89. The van der Waals surface area contributed by atoms with E-state index in [-0.39, 0.29) is 11.4 Å². The number of rotatable bonds is 4. The monoisotopic (exact) mass is 467 g/mol. The SMILES string of the molecule is O=S(=O)(c1cccc2cccnc12)N1Cc2cccnc2-n2ccnc2C1Cc1ccccc1. The van der Waals surface area contributed by atoms with Gasteiger partial charge in [-0.05, 0) is 30.2 Å². The van der Waals surface area contributed by atoms with E-state index in [0.717, 1.165) is 16.5 Å². The van der Waals surface area contributed by atoms with Crippen LogP contribution in [0.2, 0.25) is 0 Å². The number of nitrogens with zero attached hydrogens (tertiary/aromatic N) is 5. The molecule has 0 fully saturated rings. The van der Waals surface area contributed by atoms with Crippen molar-refractivity contribution in [2.24, 2.45) is 0 Å². The highest BCUT2D eigenvalue weighted by atomic mass is 32.2. The average Bonchev–Trinajstić information content (AvgIpc) is 3.31. The molecule has 7 nitrogen and oxygen atoms in total. The van der Waals surface area contributed by atoms with E-state index in [2.05, 4.69) is 15.0 Å². The predicted octanol–water partition coefficient (Wildman–Crippen LogP) is 4.30. The van der Waals surface area contributed by atoms with E-state index in [1.807, 2.05) is 71.4 Å². The zero-order valence-electron chi connectivity index (χ0n) is 18.2. The van der Waals surface area contributed by atoms with Crippen molar-refractivity contribution < 1.29 is 8.42 Å². The largest absolute Gasteiger partial charge is 0.286 e. The number of benzene rings is 2. The van der Waals surface area contributed by atoms with Gasteiger partial charge in [0.05, 0.1) is 11.6 Å². The van der Waals surface area contributed by atoms with Gasteiger partial charge in [0, 0.05) is 42.3 Å². The Morgan fingerprint density at radius 2 is 1.62 bits per heavy atom. The summed E-state index contributed by atoms with van der Waals surface area (Å²) in [6.07, 6.45) is 7.35. The summed E-state index contributed by atoms with van der Waals surface area (Å²) >= 11 is 0. The first-order valence-electron chi connectivity index (χ1n) is 11.0. The first-order chi connectivity index (χ1) is 16.6. The summed E-state index contributed by atoms with van der Waals surface area (Å²) in [5, 5.41) is 0.779. The van der Waals surface area contributed by atoms with Crippen LogP contribution in [0.15, 0.2) is 102 Å². The molecule has 168 valence electrons. The molecule has 3 aromatic heterocycles. The van der Waals surface area contributed by atoms with Crippen LogP contribution >= 0.6 is 0 Å². The van der Waals surface area contributed by atoms with Crippen molar-refractivity contribution in [1.29, 1.82) is 0 Å². The van der Waals surface area contributed by atoms with E-state index >= 15 is 0 Å². The second-order valence-electron chi connectivity index (χ2n) is 8.23. The number of sulfonamides is 1. The Balaban J connectivity index is 1.58. The molecule has 5 aromatic rings. The Hall–Kier alpha value is -3.88. The first-order valence-corrected chi connectivity index (χ1v) is 12.4. The minimum absolute atomic E-state index is 0.176. The van der Waals surface area contributed by atoms with Crippen molar-refractivity contribution in [3.63, 3.8) is 0 Å². The molecule has 0 radical (unpaired) electrons. The Bertz CT molecular complexity index is 1590. The molecule has 1 unspecified atom stereocenters. The van der Waals surface area contributed by atoms with Crippen molar-refractivity contribution in [1.82, 2.24) is 23.8 Å². The minimum atomic E-state index is -3.95. The van der Waals surface area contributed by atoms with Gasteiger partial charge in [-0.25, -0.2) is 18.4 Å². The minimum Gasteiger partial charge on any atom is -0.286 e. The molecular formula is C26H21N5O2S. The number of imidazole rings is 1. The molecule has 1 atom stereocenters. The highest BCUT2D eigenvalue weighted by Crippen LogP contribution is 2.37. The third-order valence-electron chi connectivity index (χ3n) is 6.19. The maximum absolute atomic E-state index is 14.3. The lowest BCUT2D eigenvalue weighted by molar-refractivity contribution is 0.309. The Labute approximate surface area is 197 Å². The summed E-state index contributed by atoms with van der Waals surface area (Å²) in [6.45, 7) is 0.176. The third-order valence-corrected chi connectivity index (χ3v) is 8.08. The second-order valence-corrected chi connectivity index (χ2v) is 10.1. The zero-order valence-corrected chi connectivity index (χ0v) is 19.0. The van der Waals surface area contributed by atoms with Gasteiger partial charge in [0.25, 0.3) is 0 Å². The van der Waals surface area contributed by atoms with E-state index < -0.39 is 16.1 Å². The van der Waals surface area contributed by atoms with Gasteiger partial charge in [0.15, 0.2) is 0 Å². The molecule has 34 heavy (non-hydrogen) atoms. The van der Waals surface area contributed by atoms with Crippen LogP contribution in [0.5, 0.6) is 0 Å². The molecule has 0 aliphatic carbocycles. The van der Waals surface area contributed by atoms with Crippen molar-refractivity contribution in [3.05, 3.63) is 115 Å². The Morgan fingerprint density at radius 3 is 2.50 bits per heavy atom. The van der Waals surface area contributed by atoms with E-state index in [4.69, 9.17) is 0 Å². The lowest BCUT2D eigenvalue weighted by Gasteiger charge is -2.29. The fraction of sp³-hybridized carbons (Fsp3) is 0.115. The standard InChI is InChI=1S/C26H21N5O2S/c32-34(33,23-12-4-9-20-10-5-13-27-24(20)23)31-18-21-11-6-14-28-25(21)30-16-15-29-26(30)22(31)17-19-7-2-1-3-8-19/h1-16,22H,17-18H2. The number of pyridine rings is 2. The maximum Gasteiger partial charge on any atom is 0.246 e. The van der Waals surface area contributed by atoms with Crippen molar-refractivity contribution >= 4 is 20.9 Å². The molecule has 4 heterocycles. The highest BCUT2D eigenvalue weighted by Gasteiger charge is 2.39. The van der Waals surface area contributed by atoms with Gasteiger partial charge in [-0.15, -0.1) is 0 Å². The average molecular weight is 468 g/mol. The fourth-order valence-electron chi connectivity index (χ4n) is 4.61. The molecule has 0 N–H and O–H groups in total. The quantitative estimate of drug-likeness (QED) is 0.394. The molecule has 2 aromatic carbocycles. The zero-order chi connectivity index (χ0) is 23.1. The summed E-state index contributed by atoms with van der Waals surface area (Å²) in [5.74, 6) is 1.33. The predicted molar refractivity (Wildman–Crippen MR) is 129 cm³/mol. The number of hydrogen-bond acceptors (Lipinski definition) is 5. The van der Waals surface area contributed by atoms with Gasteiger partial charge >= 0.3 is 0 Å². The van der Waals surface area contributed by atoms with Crippen LogP contribution < -0.4 is 0 Å². The number of hydrogen-bond donors (Lipinski definition) is 0. The van der Waals surface area contributed by atoms with Gasteiger partial charge < -0.3 is 0 Å². The van der Waals surface area contributed by atoms with Crippen molar-refractivity contribution in [2.75, 3.05) is 0 Å². The van der Waals surface area contributed by atoms with Crippen LogP contribution in [0, 0.1) is 0 Å². The molecule has 0 spiro atoms. The first kappa shape index (κ1) is 20.7. The van der Waals surface area contributed by atoms with Crippen molar-refractivity contribution in [3.8, 4) is 5.82 Å². The smallest absolute Gasteiger partial charge is 0.246 e. The molecular weight excluding hydrogens is 446 g/mol. The van der Waals surface area contributed by atoms with Gasteiger partial charge in [-0.3, -0.25) is 9.55 Å². The summed E-state index contributed by atoms with van der Waals surface area (Å²) in [6, 6.07) is 22.0. The van der Waals surface area contributed by atoms with Gasteiger partial charge in [-0.1, -0.05) is 54.6 Å². The molecule has 6 rings (SSSR count). The van der Waals surface area contributed by atoms with Gasteiger partial charge in [-0.2, -0.15) is 4.31 Å². The number of aromatic nitrogens is 4. The van der Waals surface area contributed by atoms with Crippen LogP contribution in [0.4, 0.5) is 0 Å². The summed E-state index contributed by atoms with van der Waals surface area (Å²) in [5.41, 5.74) is 2.30. The van der Waals surface area contributed by atoms with Crippen LogP contribution in [0.1, 0.15) is 23.0 Å². The van der Waals surface area contributed by atoms with E-state index in [0.29, 0.717) is 23.6 Å². The molecule has 1 aliphatic heterocycles. The fourth-order valence-corrected chi connectivity index (χ4v) is 6.34. The second kappa shape index (κ2) is 8.16. The molecule has 0 saturated carbocycles. The Morgan fingerprint density at radius 1 is 0.824 bits per heavy atom. The maximum atomic E-state index is 14.3. The van der Waals surface area contributed by atoms with E-state index in [9.17, 15) is 8.42 Å². The molecule has 1 aliphatic rings. The van der Waals surface area contributed by atoms with E-state index in [1.165, 1.54) is 0 Å². The molecule has 0 amide bonds. The summed E-state index contributed by atoms with van der Waals surface area (Å²) < 4.78 is 32.1. The summed E-state index contributed by atoms with van der Waals surface area (Å²) in [4.78, 5) is 13.8. The van der Waals surface area contributed by atoms with Crippen LogP contribution in [-0.4, -0.2) is 32.2 Å². The lowest BCUT2D eigenvalue weighted by Crippen LogP contribution is -2.35. The van der Waals surface area contributed by atoms with Gasteiger partial charge in [0.1, 0.15) is 16.5 Å². The molecule has 0 bridgehead atoms. The number of fused-ring (bicyclic) bond motifs is 4. The molecule has 0 saturated heterocycles. The lowest BCUT2D eigenvalue weighted by atomic mass is 10.1. The topological polar surface area (TPSA) is 81.0 Å². The van der Waals surface area contributed by atoms with Gasteiger partial charge in [0.2, 0.25) is 10.0 Å². The Kier molecular flexibility index (Phi) is 4.97.